The van der Waals surface area contributed by atoms with Gasteiger partial charge in [-0.3, -0.25) is 0 Å². The average molecular weight is 386 g/mol. The number of hydrogen-bond donors (Lipinski definition) is 0. The van der Waals surface area contributed by atoms with Gasteiger partial charge in [-0.15, -0.1) is 0 Å². The molecular formula is C22H30Zr. The van der Waals surface area contributed by atoms with Crippen molar-refractivity contribution in [2.24, 2.45) is 0 Å². The van der Waals surface area contributed by atoms with Crippen molar-refractivity contribution in [3.63, 3.8) is 0 Å². The molecule has 0 nitrogen and oxygen atoms in total. The Balaban J connectivity index is 0.000000433. The van der Waals surface area contributed by atoms with Crippen LogP contribution in [0.25, 0.3) is 6.08 Å². The van der Waals surface area contributed by atoms with Gasteiger partial charge in [-0.05, 0) is 0 Å². The van der Waals surface area contributed by atoms with Crippen LogP contribution in [0.1, 0.15) is 74.0 Å². The van der Waals surface area contributed by atoms with Gasteiger partial charge < -0.3 is 0 Å². The van der Waals surface area contributed by atoms with E-state index in [0.717, 1.165) is 3.63 Å². The Kier molecular flexibility index (Phi) is 8.31. The van der Waals surface area contributed by atoms with E-state index >= 15 is 0 Å². The molecule has 0 heterocycles. The van der Waals surface area contributed by atoms with Gasteiger partial charge in [-0.2, -0.15) is 0 Å². The van der Waals surface area contributed by atoms with Gasteiger partial charge in [0, 0.05) is 0 Å². The summed E-state index contributed by atoms with van der Waals surface area (Å²) in [5.41, 5.74) is 4.73. The van der Waals surface area contributed by atoms with Gasteiger partial charge in [0.2, 0.25) is 0 Å². The molecule has 1 heteroatoms. The van der Waals surface area contributed by atoms with E-state index in [1.807, 2.05) is 3.28 Å². The molecule has 1 aromatic carbocycles. The Morgan fingerprint density at radius 2 is 1.78 bits per heavy atom. The molecule has 0 saturated heterocycles. The summed E-state index contributed by atoms with van der Waals surface area (Å²) in [5, 5.41) is 0. The monoisotopic (exact) mass is 384 g/mol. The molecule has 2 aliphatic carbocycles. The number of allylic oxidation sites excluding steroid dienone is 5. The number of hydrogen-bond acceptors (Lipinski definition) is 0. The summed E-state index contributed by atoms with van der Waals surface area (Å²) in [7, 11) is 0. The summed E-state index contributed by atoms with van der Waals surface area (Å²) < 4.78 is 2.61. The Morgan fingerprint density at radius 1 is 1.00 bits per heavy atom. The molecule has 1 atom stereocenters. The summed E-state index contributed by atoms with van der Waals surface area (Å²) >= 11 is -0.503. The van der Waals surface area contributed by atoms with Crippen LogP contribution in [0.4, 0.5) is 0 Å². The van der Waals surface area contributed by atoms with Crippen molar-refractivity contribution in [3.8, 4) is 0 Å². The molecule has 0 N–H and O–H groups in total. The van der Waals surface area contributed by atoms with E-state index in [0.29, 0.717) is 0 Å². The van der Waals surface area contributed by atoms with Crippen LogP contribution in [0, 0.1) is 0 Å². The summed E-state index contributed by atoms with van der Waals surface area (Å²) in [4.78, 5) is 0. The van der Waals surface area contributed by atoms with Gasteiger partial charge in [-0.1, -0.05) is 26.7 Å². The van der Waals surface area contributed by atoms with E-state index in [4.69, 9.17) is 0 Å². The average Bonchev–Trinajstić information content (AvgIpc) is 3.21. The minimum atomic E-state index is -0.503. The second kappa shape index (κ2) is 10.2. The third-order valence-electron chi connectivity index (χ3n) is 4.46. The van der Waals surface area contributed by atoms with Gasteiger partial charge in [0.15, 0.2) is 0 Å². The number of benzene rings is 1. The molecule has 0 fully saturated rings. The zero-order chi connectivity index (χ0) is 16.5. The van der Waals surface area contributed by atoms with E-state index in [2.05, 4.69) is 69.3 Å². The number of unbranched alkanes of at least 4 members (excludes halogenated alkanes) is 2. The molecule has 0 spiro atoms. The summed E-state index contributed by atoms with van der Waals surface area (Å²) in [5.74, 6) is 0. The van der Waals surface area contributed by atoms with Crippen LogP contribution < -0.4 is 0 Å². The molecule has 0 amide bonds. The van der Waals surface area contributed by atoms with Crippen LogP contribution in [0.15, 0.2) is 51.3 Å². The molecule has 0 bridgehead atoms. The van der Waals surface area contributed by atoms with Crippen molar-refractivity contribution in [3.05, 3.63) is 62.5 Å². The van der Waals surface area contributed by atoms with Gasteiger partial charge in [0.05, 0.1) is 0 Å². The quantitative estimate of drug-likeness (QED) is 0.492. The van der Waals surface area contributed by atoms with Crippen molar-refractivity contribution >= 4 is 6.08 Å². The van der Waals surface area contributed by atoms with Gasteiger partial charge in [-0.25, -0.2) is 0 Å². The van der Waals surface area contributed by atoms with E-state index in [-0.39, 0.29) is 0 Å². The molecule has 0 radical (unpaired) electrons. The molecule has 2 aliphatic rings. The van der Waals surface area contributed by atoms with Crippen molar-refractivity contribution in [1.82, 2.24) is 0 Å². The summed E-state index contributed by atoms with van der Waals surface area (Å²) in [6.07, 6.45) is 17.4. The molecule has 0 saturated carbocycles. The predicted molar refractivity (Wildman–Crippen MR) is 99.1 cm³/mol. The van der Waals surface area contributed by atoms with Crippen LogP contribution in [0.3, 0.4) is 0 Å². The maximum atomic E-state index is 2.46. The van der Waals surface area contributed by atoms with Crippen molar-refractivity contribution < 1.29 is 23.2 Å². The molecule has 1 unspecified atom stereocenters. The van der Waals surface area contributed by atoms with Crippen LogP contribution in [0.5, 0.6) is 0 Å². The SMILES string of the molecule is CCCC.CCCCC1=[C]([Zr][CH]2C=Cc3ccccc32)CC=C1. The summed E-state index contributed by atoms with van der Waals surface area (Å²) in [6, 6.07) is 8.93. The van der Waals surface area contributed by atoms with Crippen LogP contribution >= 0.6 is 0 Å². The van der Waals surface area contributed by atoms with Gasteiger partial charge in [0.1, 0.15) is 0 Å². The zero-order valence-corrected chi connectivity index (χ0v) is 17.4. The van der Waals surface area contributed by atoms with Gasteiger partial charge in [0.25, 0.3) is 0 Å². The number of rotatable bonds is 6. The molecule has 3 rings (SSSR count). The fourth-order valence-corrected chi connectivity index (χ4v) is 6.84. The Hall–Kier alpha value is -0.677. The maximum absolute atomic E-state index is 2.46. The van der Waals surface area contributed by atoms with E-state index in [1.54, 1.807) is 11.1 Å². The Labute approximate surface area is 154 Å². The van der Waals surface area contributed by atoms with Crippen molar-refractivity contribution in [2.75, 3.05) is 0 Å². The standard InChI is InChI=1S/C9H7.C9H13.C4H10.Zr/c1-2-5-9-7-3-6-8(9)4-1;1-2-3-6-9-7-4-5-8-9;1-3-4-2;/h1-7H;4,7H,2-3,5-6H2,1H3;3-4H2,1-2H3;. The Morgan fingerprint density at radius 3 is 2.52 bits per heavy atom. The van der Waals surface area contributed by atoms with Crippen LogP contribution in [-0.2, 0) is 23.2 Å². The molecule has 23 heavy (non-hydrogen) atoms. The Bertz CT molecular complexity index is 575. The fraction of sp³-hybridized carbons (Fsp3) is 0.455. The van der Waals surface area contributed by atoms with Crippen LogP contribution in [0.2, 0.25) is 0 Å². The van der Waals surface area contributed by atoms with E-state index < -0.39 is 23.2 Å². The third-order valence-corrected chi connectivity index (χ3v) is 8.61. The zero-order valence-electron chi connectivity index (χ0n) is 14.9. The second-order valence-electron chi connectivity index (χ2n) is 6.32. The van der Waals surface area contributed by atoms with E-state index in [9.17, 15) is 0 Å². The third kappa shape index (κ3) is 5.42. The molecule has 0 aliphatic heterocycles. The summed E-state index contributed by atoms with van der Waals surface area (Å²) in [6.45, 7) is 6.65. The molecule has 0 aromatic heterocycles. The first-order chi connectivity index (χ1) is 11.3. The normalized spacial score (nSPS) is 18.0. The number of fused-ring (bicyclic) bond motifs is 1. The first kappa shape index (κ1) is 18.7. The first-order valence-electron chi connectivity index (χ1n) is 9.22. The molecule has 1 aromatic rings. The van der Waals surface area contributed by atoms with E-state index in [1.165, 1.54) is 44.1 Å². The molecular weight excluding hydrogens is 355 g/mol. The fourth-order valence-electron chi connectivity index (χ4n) is 2.87. The predicted octanol–water partition coefficient (Wildman–Crippen LogP) is 7.05. The topological polar surface area (TPSA) is 0 Å². The van der Waals surface area contributed by atoms with Crippen LogP contribution in [-0.4, -0.2) is 0 Å². The van der Waals surface area contributed by atoms with Gasteiger partial charge >= 0.3 is 128 Å². The van der Waals surface area contributed by atoms with Crippen molar-refractivity contribution in [1.29, 1.82) is 0 Å². The first-order valence-corrected chi connectivity index (χ1v) is 11.9. The van der Waals surface area contributed by atoms with Crippen molar-refractivity contribution in [2.45, 2.75) is 62.9 Å². The molecule has 122 valence electrons. The minimum absolute atomic E-state index is 0.503. The second-order valence-corrected chi connectivity index (χ2v) is 10.0.